The predicted octanol–water partition coefficient (Wildman–Crippen LogP) is 1.74. The molecule has 1 fully saturated rings. The predicted molar refractivity (Wildman–Crippen MR) is 72.5 cm³/mol. The van der Waals surface area contributed by atoms with Gasteiger partial charge in [-0.3, -0.25) is 4.79 Å². The van der Waals surface area contributed by atoms with Gasteiger partial charge in [-0.2, -0.15) is 5.10 Å². The van der Waals surface area contributed by atoms with Crippen LogP contribution >= 0.6 is 0 Å². The largest absolute Gasteiger partial charge is 0.304 e. The highest BCUT2D eigenvalue weighted by atomic mass is 16.1. The zero-order valence-electron chi connectivity index (χ0n) is 11.1. The average Bonchev–Trinajstić information content (AvgIpc) is 2.90. The van der Waals surface area contributed by atoms with Gasteiger partial charge in [0.1, 0.15) is 6.29 Å². The molecule has 2 aromatic heterocycles. The number of carbonyl (C=O) groups is 1. The normalized spacial score (nSPS) is 17.9. The molecule has 0 amide bonds. The molecule has 100 valence electrons. The van der Waals surface area contributed by atoms with Gasteiger partial charge < -0.3 is 4.90 Å². The number of hydrogen-bond donors (Lipinski definition) is 0. The van der Waals surface area contributed by atoms with E-state index in [1.165, 1.54) is 0 Å². The number of piperidine rings is 1. The Bertz CT molecular complexity index is 584. The van der Waals surface area contributed by atoms with Crippen molar-refractivity contribution < 1.29 is 4.79 Å². The Morgan fingerprint density at radius 3 is 2.89 bits per heavy atom. The molecule has 0 aliphatic carbocycles. The molecule has 0 aromatic carbocycles. The average molecular weight is 258 g/mol. The minimum absolute atomic E-state index is 0.447. The first-order chi connectivity index (χ1) is 9.30. The molecule has 0 saturated carbocycles. The molecular formula is C14H18N4O. The lowest BCUT2D eigenvalue weighted by molar-refractivity contribution is 0.112. The molecule has 0 N–H and O–H groups in total. The maximum Gasteiger partial charge on any atom is 0.156 e. The monoisotopic (exact) mass is 258 g/mol. The number of aldehydes is 1. The van der Waals surface area contributed by atoms with Gasteiger partial charge in [0.15, 0.2) is 11.5 Å². The molecule has 1 saturated heterocycles. The highest BCUT2D eigenvalue weighted by molar-refractivity contribution is 5.76. The smallest absolute Gasteiger partial charge is 0.156 e. The van der Waals surface area contributed by atoms with E-state index >= 15 is 0 Å². The lowest BCUT2D eigenvalue weighted by atomic mass is 9.96. The second-order valence-corrected chi connectivity index (χ2v) is 5.06. The van der Waals surface area contributed by atoms with Gasteiger partial charge in [-0.05, 0) is 44.6 Å². The molecule has 0 atom stereocenters. The van der Waals surface area contributed by atoms with Crippen LogP contribution < -0.4 is 0 Å². The topological polar surface area (TPSA) is 50.5 Å². The van der Waals surface area contributed by atoms with E-state index in [1.54, 1.807) is 22.8 Å². The van der Waals surface area contributed by atoms with Crippen LogP contribution in [0.3, 0.4) is 0 Å². The van der Waals surface area contributed by atoms with E-state index in [0.29, 0.717) is 11.5 Å². The van der Waals surface area contributed by atoms with Crippen LogP contribution in [0, 0.1) is 0 Å². The van der Waals surface area contributed by atoms with E-state index in [9.17, 15) is 4.79 Å². The zero-order valence-corrected chi connectivity index (χ0v) is 11.1. The maximum atomic E-state index is 10.8. The van der Waals surface area contributed by atoms with Crippen molar-refractivity contribution in [3.63, 3.8) is 0 Å². The molecule has 2 aromatic rings. The Labute approximate surface area is 112 Å². The highest BCUT2D eigenvalue weighted by Gasteiger charge is 2.23. The molecule has 5 heteroatoms. The third kappa shape index (κ3) is 2.38. The van der Waals surface area contributed by atoms with Gasteiger partial charge in [-0.1, -0.05) is 6.92 Å². The SMILES string of the molecule is CCN1CCC(c2nc3cc(C=O)ccn3n2)CC1. The fraction of sp³-hybridized carbons (Fsp3) is 0.500. The first-order valence-electron chi connectivity index (χ1n) is 6.84. The summed E-state index contributed by atoms with van der Waals surface area (Å²) in [7, 11) is 0. The van der Waals surface area contributed by atoms with Crippen LogP contribution in [0.25, 0.3) is 5.65 Å². The van der Waals surface area contributed by atoms with Gasteiger partial charge in [0.2, 0.25) is 0 Å². The molecule has 1 aliphatic heterocycles. The van der Waals surface area contributed by atoms with Crippen LogP contribution in [0.4, 0.5) is 0 Å². The number of fused-ring (bicyclic) bond motifs is 1. The highest BCUT2D eigenvalue weighted by Crippen LogP contribution is 2.25. The Morgan fingerprint density at radius 2 is 2.21 bits per heavy atom. The van der Waals surface area contributed by atoms with Crippen LogP contribution in [-0.2, 0) is 0 Å². The lowest BCUT2D eigenvalue weighted by Crippen LogP contribution is -2.32. The van der Waals surface area contributed by atoms with Crippen LogP contribution in [0.15, 0.2) is 18.3 Å². The number of likely N-dealkylation sites (tertiary alicyclic amines) is 1. The van der Waals surface area contributed by atoms with E-state index < -0.39 is 0 Å². The number of nitrogens with zero attached hydrogens (tertiary/aromatic N) is 4. The second-order valence-electron chi connectivity index (χ2n) is 5.06. The summed E-state index contributed by atoms with van der Waals surface area (Å²) in [6.45, 7) is 5.56. The quantitative estimate of drug-likeness (QED) is 0.787. The summed E-state index contributed by atoms with van der Waals surface area (Å²) in [6, 6.07) is 3.54. The van der Waals surface area contributed by atoms with E-state index in [4.69, 9.17) is 0 Å². The van der Waals surface area contributed by atoms with Gasteiger partial charge in [0, 0.05) is 17.7 Å². The second kappa shape index (κ2) is 5.09. The van der Waals surface area contributed by atoms with Gasteiger partial charge >= 0.3 is 0 Å². The fourth-order valence-electron chi connectivity index (χ4n) is 2.67. The summed E-state index contributed by atoms with van der Waals surface area (Å²) in [5.74, 6) is 1.36. The summed E-state index contributed by atoms with van der Waals surface area (Å²) < 4.78 is 1.76. The molecule has 1 aliphatic rings. The molecular weight excluding hydrogens is 240 g/mol. The molecule has 0 unspecified atom stereocenters. The molecule has 0 spiro atoms. The Kier molecular flexibility index (Phi) is 3.29. The van der Waals surface area contributed by atoms with Crippen molar-refractivity contribution in [2.75, 3.05) is 19.6 Å². The lowest BCUT2D eigenvalue weighted by Gasteiger charge is -2.29. The zero-order chi connectivity index (χ0) is 13.2. The minimum atomic E-state index is 0.447. The Balaban J connectivity index is 1.83. The maximum absolute atomic E-state index is 10.8. The van der Waals surface area contributed by atoms with E-state index in [2.05, 4.69) is 21.9 Å². The number of hydrogen-bond acceptors (Lipinski definition) is 4. The summed E-state index contributed by atoms with van der Waals surface area (Å²) in [5.41, 5.74) is 1.41. The van der Waals surface area contributed by atoms with E-state index in [-0.39, 0.29) is 0 Å². The summed E-state index contributed by atoms with van der Waals surface area (Å²) in [6.07, 6.45) is 4.88. The summed E-state index contributed by atoms with van der Waals surface area (Å²) in [4.78, 5) is 17.8. The van der Waals surface area contributed by atoms with Crippen molar-refractivity contribution in [2.45, 2.75) is 25.7 Å². The van der Waals surface area contributed by atoms with Gasteiger partial charge in [0.05, 0.1) is 0 Å². The van der Waals surface area contributed by atoms with E-state index in [1.807, 2.05) is 0 Å². The molecule has 5 nitrogen and oxygen atoms in total. The van der Waals surface area contributed by atoms with Gasteiger partial charge in [-0.15, -0.1) is 0 Å². The first-order valence-corrected chi connectivity index (χ1v) is 6.84. The number of pyridine rings is 1. The molecule has 0 bridgehead atoms. The van der Waals surface area contributed by atoms with Crippen LogP contribution in [0.5, 0.6) is 0 Å². The van der Waals surface area contributed by atoms with Crippen molar-refractivity contribution in [3.8, 4) is 0 Å². The standard InChI is InChI=1S/C14H18N4O/c1-2-17-6-4-12(5-7-17)14-15-13-9-11(10-19)3-8-18(13)16-14/h3,8-10,12H,2,4-7H2,1H3. The molecule has 19 heavy (non-hydrogen) atoms. The molecule has 3 heterocycles. The van der Waals surface area contributed by atoms with Gasteiger partial charge in [0.25, 0.3) is 0 Å². The van der Waals surface area contributed by atoms with Crippen molar-refractivity contribution in [1.29, 1.82) is 0 Å². The van der Waals surface area contributed by atoms with Crippen LogP contribution in [0.1, 0.15) is 41.9 Å². The first kappa shape index (κ1) is 12.3. The van der Waals surface area contributed by atoms with Crippen LogP contribution in [-0.4, -0.2) is 45.4 Å². The van der Waals surface area contributed by atoms with Crippen molar-refractivity contribution in [2.24, 2.45) is 0 Å². The van der Waals surface area contributed by atoms with Crippen molar-refractivity contribution >= 4 is 11.9 Å². The third-order valence-corrected chi connectivity index (χ3v) is 3.91. The van der Waals surface area contributed by atoms with E-state index in [0.717, 1.165) is 50.2 Å². The van der Waals surface area contributed by atoms with Gasteiger partial charge in [-0.25, -0.2) is 9.50 Å². The summed E-state index contributed by atoms with van der Waals surface area (Å²) >= 11 is 0. The number of aromatic nitrogens is 3. The Hall–Kier alpha value is -1.75. The molecule has 3 rings (SSSR count). The summed E-state index contributed by atoms with van der Waals surface area (Å²) in [5, 5.41) is 4.53. The van der Waals surface area contributed by atoms with Crippen LogP contribution in [0.2, 0.25) is 0 Å². The Morgan fingerprint density at radius 1 is 1.42 bits per heavy atom. The molecule has 0 radical (unpaired) electrons. The van der Waals surface area contributed by atoms with Crippen molar-refractivity contribution in [1.82, 2.24) is 19.5 Å². The fourth-order valence-corrected chi connectivity index (χ4v) is 2.67. The third-order valence-electron chi connectivity index (χ3n) is 3.91. The number of carbonyl (C=O) groups excluding carboxylic acids is 1. The number of rotatable bonds is 3. The minimum Gasteiger partial charge on any atom is -0.304 e. The van der Waals surface area contributed by atoms with Crippen molar-refractivity contribution in [3.05, 3.63) is 29.7 Å².